The Hall–Kier alpha value is -2.86. The lowest BCUT2D eigenvalue weighted by molar-refractivity contribution is 0.145. The van der Waals surface area contributed by atoms with Crippen molar-refractivity contribution in [2.45, 2.75) is 18.9 Å². The molecule has 3 aromatic heterocycles. The fourth-order valence-electron chi connectivity index (χ4n) is 2.97. The molecule has 0 bridgehead atoms. The molecule has 3 aromatic rings. The molecular formula is C19H19N5O. The third-order valence-corrected chi connectivity index (χ3v) is 4.37. The smallest absolute Gasteiger partial charge is 0.180 e. The summed E-state index contributed by atoms with van der Waals surface area (Å²) in [7, 11) is 0. The SMILES string of the molecule is OC1CCN(c2cc(-c3ccncc3)nc(-c3ccccn3)n2)CC1. The highest BCUT2D eigenvalue weighted by molar-refractivity contribution is 5.66. The summed E-state index contributed by atoms with van der Waals surface area (Å²) in [6.07, 6.45) is 6.56. The monoisotopic (exact) mass is 333 g/mol. The van der Waals surface area contributed by atoms with E-state index in [1.165, 1.54) is 0 Å². The Bertz CT molecular complexity index is 775. The van der Waals surface area contributed by atoms with Gasteiger partial charge in [0.1, 0.15) is 11.5 Å². The van der Waals surface area contributed by atoms with E-state index in [1.54, 1.807) is 18.6 Å². The van der Waals surface area contributed by atoms with E-state index in [0.717, 1.165) is 48.7 Å². The van der Waals surface area contributed by atoms with E-state index in [9.17, 15) is 5.11 Å². The van der Waals surface area contributed by atoms with Gasteiger partial charge >= 0.3 is 0 Å². The van der Waals surface area contributed by atoms with Gasteiger partial charge < -0.3 is 10.0 Å². The third-order valence-electron chi connectivity index (χ3n) is 4.37. The standard InChI is InChI=1S/C19H19N5O/c25-15-6-11-24(12-7-15)18-13-17(14-4-9-20-10-5-14)22-19(23-18)16-3-1-2-8-21-16/h1-5,8-10,13,15,25H,6-7,11-12H2. The highest BCUT2D eigenvalue weighted by Crippen LogP contribution is 2.26. The van der Waals surface area contributed by atoms with Crippen molar-refractivity contribution < 1.29 is 5.11 Å². The predicted octanol–water partition coefficient (Wildman–Crippen LogP) is 2.56. The van der Waals surface area contributed by atoms with E-state index in [4.69, 9.17) is 9.97 Å². The summed E-state index contributed by atoms with van der Waals surface area (Å²) in [6.45, 7) is 1.57. The number of piperidine rings is 1. The van der Waals surface area contributed by atoms with Gasteiger partial charge in [-0.25, -0.2) is 9.97 Å². The van der Waals surface area contributed by atoms with Gasteiger partial charge in [-0.1, -0.05) is 6.07 Å². The summed E-state index contributed by atoms with van der Waals surface area (Å²) >= 11 is 0. The Balaban J connectivity index is 1.78. The van der Waals surface area contributed by atoms with Crippen molar-refractivity contribution >= 4 is 5.82 Å². The van der Waals surface area contributed by atoms with Crippen LogP contribution >= 0.6 is 0 Å². The van der Waals surface area contributed by atoms with Gasteiger partial charge in [-0.3, -0.25) is 9.97 Å². The minimum absolute atomic E-state index is 0.215. The van der Waals surface area contributed by atoms with Crippen molar-refractivity contribution in [1.29, 1.82) is 0 Å². The Morgan fingerprint density at radius 1 is 0.920 bits per heavy atom. The largest absolute Gasteiger partial charge is 0.393 e. The number of aliphatic hydroxyl groups is 1. The molecule has 1 aliphatic rings. The lowest BCUT2D eigenvalue weighted by atomic mass is 10.1. The van der Waals surface area contributed by atoms with Gasteiger partial charge in [0, 0.05) is 43.3 Å². The van der Waals surface area contributed by atoms with Crippen molar-refractivity contribution in [3.05, 3.63) is 55.0 Å². The molecule has 6 heteroatoms. The molecule has 1 fully saturated rings. The molecule has 0 saturated carbocycles. The first-order valence-electron chi connectivity index (χ1n) is 8.43. The Morgan fingerprint density at radius 3 is 2.44 bits per heavy atom. The topological polar surface area (TPSA) is 75.0 Å². The maximum Gasteiger partial charge on any atom is 0.180 e. The minimum Gasteiger partial charge on any atom is -0.393 e. The van der Waals surface area contributed by atoms with Crippen molar-refractivity contribution in [3.8, 4) is 22.8 Å². The zero-order valence-corrected chi connectivity index (χ0v) is 13.8. The highest BCUT2D eigenvalue weighted by atomic mass is 16.3. The van der Waals surface area contributed by atoms with E-state index in [0.29, 0.717) is 5.82 Å². The molecule has 1 N–H and O–H groups in total. The summed E-state index contributed by atoms with van der Waals surface area (Å²) < 4.78 is 0. The number of aromatic nitrogens is 4. The summed E-state index contributed by atoms with van der Waals surface area (Å²) in [4.78, 5) is 20.1. The number of hydrogen-bond donors (Lipinski definition) is 1. The van der Waals surface area contributed by atoms with Crippen LogP contribution in [-0.2, 0) is 0 Å². The van der Waals surface area contributed by atoms with Gasteiger partial charge in [-0.2, -0.15) is 0 Å². The van der Waals surface area contributed by atoms with Crippen molar-refractivity contribution in [3.63, 3.8) is 0 Å². The van der Waals surface area contributed by atoms with Gasteiger partial charge in [-0.15, -0.1) is 0 Å². The van der Waals surface area contributed by atoms with E-state index in [1.807, 2.05) is 36.4 Å². The predicted molar refractivity (Wildman–Crippen MR) is 95.9 cm³/mol. The second-order valence-electron chi connectivity index (χ2n) is 6.10. The molecule has 0 aliphatic carbocycles. The van der Waals surface area contributed by atoms with Crippen LogP contribution in [0.1, 0.15) is 12.8 Å². The quantitative estimate of drug-likeness (QED) is 0.794. The molecular weight excluding hydrogens is 314 g/mol. The number of pyridine rings is 2. The first-order valence-corrected chi connectivity index (χ1v) is 8.43. The molecule has 25 heavy (non-hydrogen) atoms. The van der Waals surface area contributed by atoms with Crippen molar-refractivity contribution in [2.75, 3.05) is 18.0 Å². The third kappa shape index (κ3) is 3.49. The van der Waals surface area contributed by atoms with Crippen LogP contribution < -0.4 is 4.90 Å². The summed E-state index contributed by atoms with van der Waals surface area (Å²) in [5.41, 5.74) is 2.59. The molecule has 1 saturated heterocycles. The number of nitrogens with zero attached hydrogens (tertiary/aromatic N) is 5. The molecule has 0 amide bonds. The van der Waals surface area contributed by atoms with E-state index in [2.05, 4.69) is 14.9 Å². The average Bonchev–Trinajstić information content (AvgIpc) is 2.69. The first kappa shape index (κ1) is 15.7. The van der Waals surface area contributed by atoms with Gasteiger partial charge in [0.15, 0.2) is 5.82 Å². The van der Waals surface area contributed by atoms with E-state index in [-0.39, 0.29) is 6.10 Å². The number of anilines is 1. The Morgan fingerprint density at radius 2 is 1.72 bits per heavy atom. The second kappa shape index (κ2) is 6.94. The molecule has 0 atom stereocenters. The molecule has 126 valence electrons. The van der Waals surface area contributed by atoms with Crippen molar-refractivity contribution in [2.24, 2.45) is 0 Å². The van der Waals surface area contributed by atoms with Crippen LogP contribution in [0.2, 0.25) is 0 Å². The lowest BCUT2D eigenvalue weighted by Crippen LogP contribution is -2.36. The Labute approximate surface area is 146 Å². The van der Waals surface area contributed by atoms with Crippen LogP contribution in [0.15, 0.2) is 55.0 Å². The molecule has 0 spiro atoms. The summed E-state index contributed by atoms with van der Waals surface area (Å²) in [5, 5.41) is 9.76. The normalized spacial score (nSPS) is 15.3. The molecule has 6 nitrogen and oxygen atoms in total. The molecule has 0 unspecified atom stereocenters. The maximum atomic E-state index is 9.76. The average molecular weight is 333 g/mol. The molecule has 4 heterocycles. The fourth-order valence-corrected chi connectivity index (χ4v) is 2.97. The molecule has 1 aliphatic heterocycles. The van der Waals surface area contributed by atoms with Crippen molar-refractivity contribution in [1.82, 2.24) is 19.9 Å². The first-order chi connectivity index (χ1) is 12.3. The van der Waals surface area contributed by atoms with Gasteiger partial charge in [0.2, 0.25) is 0 Å². The van der Waals surface area contributed by atoms with Gasteiger partial charge in [-0.05, 0) is 37.1 Å². The lowest BCUT2D eigenvalue weighted by Gasteiger charge is -2.30. The van der Waals surface area contributed by atoms with Gasteiger partial charge in [0.25, 0.3) is 0 Å². The summed E-state index contributed by atoms with van der Waals surface area (Å²) in [6, 6.07) is 11.6. The van der Waals surface area contributed by atoms with Crippen LogP contribution in [-0.4, -0.2) is 44.2 Å². The molecule has 0 radical (unpaired) electrons. The number of hydrogen-bond acceptors (Lipinski definition) is 6. The highest BCUT2D eigenvalue weighted by Gasteiger charge is 2.20. The van der Waals surface area contributed by atoms with Crippen LogP contribution in [0.5, 0.6) is 0 Å². The van der Waals surface area contributed by atoms with E-state index >= 15 is 0 Å². The van der Waals surface area contributed by atoms with Crippen LogP contribution in [0, 0.1) is 0 Å². The zero-order chi connectivity index (χ0) is 17.1. The number of rotatable bonds is 3. The van der Waals surface area contributed by atoms with Crippen LogP contribution in [0.3, 0.4) is 0 Å². The van der Waals surface area contributed by atoms with Crippen LogP contribution in [0.25, 0.3) is 22.8 Å². The zero-order valence-electron chi connectivity index (χ0n) is 13.8. The minimum atomic E-state index is -0.215. The van der Waals surface area contributed by atoms with Crippen LogP contribution in [0.4, 0.5) is 5.82 Å². The maximum absolute atomic E-state index is 9.76. The second-order valence-corrected chi connectivity index (χ2v) is 6.10. The Kier molecular flexibility index (Phi) is 4.35. The summed E-state index contributed by atoms with van der Waals surface area (Å²) in [5.74, 6) is 1.48. The number of aliphatic hydroxyl groups excluding tert-OH is 1. The van der Waals surface area contributed by atoms with E-state index < -0.39 is 0 Å². The molecule has 4 rings (SSSR count). The molecule has 0 aromatic carbocycles. The fraction of sp³-hybridized carbons (Fsp3) is 0.263. The van der Waals surface area contributed by atoms with Gasteiger partial charge in [0.05, 0.1) is 11.8 Å².